The average Bonchev–Trinajstić information content (AvgIpc) is 3.13. The van der Waals surface area contributed by atoms with E-state index in [1.54, 1.807) is 24.3 Å². The molecular weight excluding hydrogens is 436 g/mol. The van der Waals surface area contributed by atoms with Gasteiger partial charge in [-0.2, -0.15) is 8.42 Å². The molecule has 2 aliphatic heterocycles. The van der Waals surface area contributed by atoms with Crippen LogP contribution in [0.25, 0.3) is 10.2 Å². The van der Waals surface area contributed by atoms with E-state index in [1.807, 2.05) is 0 Å². The zero-order valence-electron chi connectivity index (χ0n) is 16.8. The lowest BCUT2D eigenvalue weighted by Gasteiger charge is -2.37. The molecule has 0 aliphatic carbocycles. The first-order valence-electron chi connectivity index (χ1n) is 10.1. The van der Waals surface area contributed by atoms with Crippen molar-refractivity contribution < 1.29 is 17.8 Å². The van der Waals surface area contributed by atoms with Crippen LogP contribution in [0.5, 0.6) is 0 Å². The van der Waals surface area contributed by atoms with Crippen molar-refractivity contribution in [2.45, 2.75) is 37.5 Å². The van der Waals surface area contributed by atoms with Gasteiger partial charge in [0.15, 0.2) is 5.78 Å². The molecule has 1 aromatic heterocycles. The quantitative estimate of drug-likeness (QED) is 0.341. The van der Waals surface area contributed by atoms with Gasteiger partial charge in [0.05, 0.1) is 10.2 Å². The number of carbonyl (C=O) groups excluding carboxylic acids is 1. The van der Waals surface area contributed by atoms with Crippen LogP contribution in [0.3, 0.4) is 0 Å². The molecule has 10 heteroatoms. The lowest BCUT2D eigenvalue weighted by Crippen LogP contribution is -2.35. The maximum atomic E-state index is 12.3. The second kappa shape index (κ2) is 7.47. The van der Waals surface area contributed by atoms with Gasteiger partial charge in [0.1, 0.15) is 10.6 Å². The highest BCUT2D eigenvalue weighted by molar-refractivity contribution is 7.86. The predicted molar refractivity (Wildman–Crippen MR) is 119 cm³/mol. The standard InChI is InChI=1S/C21H20N4O4S2/c1-12(26)13-6-7-16-18(11-13)30-21(22-16)24-23-17-10-14-4-2-8-25-9-3-5-15(19(14)25)20(17)31(27,28)29/h6-7,10-11H,2-5,8-9H2,1H3,(H,27,28,29). The summed E-state index contributed by atoms with van der Waals surface area (Å²) in [5.41, 5.74) is 4.03. The number of Topliss-reactive ketones (excluding diaryl/α,β-unsaturated/α-hetero) is 1. The minimum absolute atomic E-state index is 0.0339. The van der Waals surface area contributed by atoms with Gasteiger partial charge in [-0.3, -0.25) is 9.35 Å². The number of hydrogen-bond donors (Lipinski definition) is 1. The number of thiazole rings is 1. The number of nitrogens with zero attached hydrogens (tertiary/aromatic N) is 4. The summed E-state index contributed by atoms with van der Waals surface area (Å²) < 4.78 is 35.4. The first-order valence-corrected chi connectivity index (χ1v) is 12.3. The number of aryl methyl sites for hydroxylation is 1. The molecule has 0 amide bonds. The fourth-order valence-electron chi connectivity index (χ4n) is 4.45. The number of rotatable bonds is 4. The first kappa shape index (κ1) is 20.2. The molecule has 0 atom stereocenters. The number of azo groups is 1. The number of hydrogen-bond acceptors (Lipinski definition) is 8. The maximum Gasteiger partial charge on any atom is 0.297 e. The molecule has 160 valence electrons. The van der Waals surface area contributed by atoms with Crippen LogP contribution < -0.4 is 4.90 Å². The first-order chi connectivity index (χ1) is 14.8. The molecule has 8 nitrogen and oxygen atoms in total. The van der Waals surface area contributed by atoms with E-state index in [1.165, 1.54) is 18.3 Å². The van der Waals surface area contributed by atoms with E-state index >= 15 is 0 Å². The van der Waals surface area contributed by atoms with Crippen LogP contribution in [0.2, 0.25) is 0 Å². The van der Waals surface area contributed by atoms with Gasteiger partial charge in [-0.1, -0.05) is 11.3 Å². The van der Waals surface area contributed by atoms with Gasteiger partial charge in [0.25, 0.3) is 10.1 Å². The van der Waals surface area contributed by atoms with E-state index in [0.717, 1.165) is 48.3 Å². The molecule has 0 saturated carbocycles. The summed E-state index contributed by atoms with van der Waals surface area (Å²) in [5, 5.41) is 8.74. The number of aromatic nitrogens is 1. The Morgan fingerprint density at radius 2 is 1.94 bits per heavy atom. The van der Waals surface area contributed by atoms with Gasteiger partial charge in [-0.05, 0) is 68.0 Å². The zero-order valence-corrected chi connectivity index (χ0v) is 18.5. The molecule has 0 unspecified atom stereocenters. The summed E-state index contributed by atoms with van der Waals surface area (Å²) in [4.78, 5) is 18.1. The molecule has 0 saturated heterocycles. The Labute approximate surface area is 183 Å². The Balaban J connectivity index is 1.61. The van der Waals surface area contributed by atoms with Gasteiger partial charge in [0, 0.05) is 24.3 Å². The van der Waals surface area contributed by atoms with E-state index in [9.17, 15) is 17.8 Å². The molecule has 0 bridgehead atoms. The van der Waals surface area contributed by atoms with Crippen LogP contribution in [0.1, 0.15) is 41.3 Å². The second-order valence-corrected chi connectivity index (χ2v) is 10.2. The van der Waals surface area contributed by atoms with Crippen molar-refractivity contribution in [3.63, 3.8) is 0 Å². The molecule has 3 aromatic rings. The van der Waals surface area contributed by atoms with Crippen LogP contribution in [-0.4, -0.2) is 36.8 Å². The Morgan fingerprint density at radius 1 is 1.16 bits per heavy atom. The summed E-state index contributed by atoms with van der Waals surface area (Å²) in [6.45, 7) is 3.28. The third-order valence-electron chi connectivity index (χ3n) is 5.74. The van der Waals surface area contributed by atoms with Crippen molar-refractivity contribution >= 4 is 54.0 Å². The SMILES string of the molecule is CC(=O)c1ccc2nc(N=Nc3cc4c5c(c3S(=O)(=O)O)CCCN5CCC4)sc2c1. The van der Waals surface area contributed by atoms with Gasteiger partial charge >= 0.3 is 0 Å². The summed E-state index contributed by atoms with van der Waals surface area (Å²) in [6.07, 6.45) is 3.23. The zero-order chi connectivity index (χ0) is 21.8. The summed E-state index contributed by atoms with van der Waals surface area (Å²) in [5.74, 6) is -0.0339. The molecule has 2 aliphatic rings. The largest absolute Gasteiger partial charge is 0.371 e. The van der Waals surface area contributed by atoms with E-state index in [4.69, 9.17) is 0 Å². The molecule has 5 rings (SSSR count). The summed E-state index contributed by atoms with van der Waals surface area (Å²) in [7, 11) is -4.48. The minimum Gasteiger partial charge on any atom is -0.371 e. The molecule has 2 aromatic carbocycles. The highest BCUT2D eigenvalue weighted by Crippen LogP contribution is 2.44. The number of anilines is 1. The number of carbonyl (C=O) groups is 1. The highest BCUT2D eigenvalue weighted by Gasteiger charge is 2.32. The van der Waals surface area contributed by atoms with E-state index in [2.05, 4.69) is 20.1 Å². The van der Waals surface area contributed by atoms with Crippen LogP contribution in [0.15, 0.2) is 39.4 Å². The van der Waals surface area contributed by atoms with E-state index < -0.39 is 10.1 Å². The van der Waals surface area contributed by atoms with Gasteiger partial charge in [-0.15, -0.1) is 10.2 Å². The van der Waals surface area contributed by atoms with E-state index in [0.29, 0.717) is 28.2 Å². The van der Waals surface area contributed by atoms with Gasteiger partial charge in [-0.25, -0.2) is 4.98 Å². The fraction of sp³-hybridized carbons (Fsp3) is 0.333. The van der Waals surface area contributed by atoms with Crippen molar-refractivity contribution in [1.82, 2.24) is 4.98 Å². The van der Waals surface area contributed by atoms with E-state index in [-0.39, 0.29) is 16.4 Å². The Morgan fingerprint density at radius 3 is 2.68 bits per heavy atom. The van der Waals surface area contributed by atoms with Crippen LogP contribution >= 0.6 is 11.3 Å². The van der Waals surface area contributed by atoms with Crippen molar-refractivity contribution in [2.24, 2.45) is 10.2 Å². The van der Waals surface area contributed by atoms with Crippen molar-refractivity contribution in [3.05, 3.63) is 41.0 Å². The van der Waals surface area contributed by atoms with Crippen molar-refractivity contribution in [2.75, 3.05) is 18.0 Å². The lowest BCUT2D eigenvalue weighted by molar-refractivity contribution is 0.101. The average molecular weight is 457 g/mol. The van der Waals surface area contributed by atoms with Gasteiger partial charge < -0.3 is 4.90 Å². The Bertz CT molecular complexity index is 1360. The number of benzene rings is 2. The maximum absolute atomic E-state index is 12.3. The molecule has 0 fully saturated rings. The normalized spacial score (nSPS) is 16.1. The second-order valence-electron chi connectivity index (χ2n) is 7.82. The predicted octanol–water partition coefficient (Wildman–Crippen LogP) is 4.86. The van der Waals surface area contributed by atoms with Crippen LogP contribution in [0, 0.1) is 0 Å². The topological polar surface area (TPSA) is 112 Å². The third-order valence-corrected chi connectivity index (χ3v) is 7.61. The van der Waals surface area contributed by atoms with Crippen LogP contribution in [-0.2, 0) is 23.0 Å². The Hall–Kier alpha value is -2.69. The number of ketones is 1. The number of fused-ring (bicyclic) bond motifs is 1. The molecular formula is C21H20N4O4S2. The molecule has 0 spiro atoms. The summed E-state index contributed by atoms with van der Waals surface area (Å²) in [6, 6.07) is 6.95. The summed E-state index contributed by atoms with van der Waals surface area (Å²) >= 11 is 1.27. The van der Waals surface area contributed by atoms with Crippen LogP contribution in [0.4, 0.5) is 16.5 Å². The third kappa shape index (κ3) is 3.64. The monoisotopic (exact) mass is 456 g/mol. The smallest absolute Gasteiger partial charge is 0.297 e. The van der Waals surface area contributed by atoms with Gasteiger partial charge in [0.2, 0.25) is 5.13 Å². The fourth-order valence-corrected chi connectivity index (χ4v) is 6.15. The lowest BCUT2D eigenvalue weighted by atomic mass is 9.91. The molecule has 0 radical (unpaired) electrons. The molecule has 31 heavy (non-hydrogen) atoms. The minimum atomic E-state index is -4.48. The Kier molecular flexibility index (Phi) is 4.87. The molecule has 3 heterocycles. The molecule has 1 N–H and O–H groups in total. The van der Waals surface area contributed by atoms with Crippen molar-refractivity contribution in [1.29, 1.82) is 0 Å². The highest BCUT2D eigenvalue weighted by atomic mass is 32.2. The van der Waals surface area contributed by atoms with Crippen molar-refractivity contribution in [3.8, 4) is 0 Å².